The molecule has 0 radical (unpaired) electrons. The van der Waals surface area contributed by atoms with Gasteiger partial charge in [0, 0.05) is 11.7 Å². The molecule has 1 N–H and O–H groups in total. The van der Waals surface area contributed by atoms with Crippen LogP contribution in [-0.4, -0.2) is 6.04 Å². The fraction of sp³-hybridized carbons (Fsp3) is 0.333. The summed E-state index contributed by atoms with van der Waals surface area (Å²) >= 11 is 0. The highest BCUT2D eigenvalue weighted by molar-refractivity contribution is 5.47. The van der Waals surface area contributed by atoms with E-state index in [0.717, 1.165) is 5.75 Å². The molecule has 0 saturated heterocycles. The molecule has 0 unspecified atom stereocenters. The topological polar surface area (TPSA) is 21.3 Å². The Labute approximate surface area is 120 Å². The lowest BCUT2D eigenvalue weighted by Gasteiger charge is -2.14. The van der Waals surface area contributed by atoms with Crippen LogP contribution in [0.15, 0.2) is 54.6 Å². The zero-order chi connectivity index (χ0) is 13.6. The number of rotatable bonds is 5. The van der Waals surface area contributed by atoms with E-state index in [-0.39, 0.29) is 0 Å². The Bertz CT molecular complexity index is 515. The van der Waals surface area contributed by atoms with Crippen molar-refractivity contribution in [1.82, 2.24) is 0 Å². The van der Waals surface area contributed by atoms with Crippen LogP contribution in [0.25, 0.3) is 0 Å². The van der Waals surface area contributed by atoms with E-state index in [2.05, 4.69) is 29.6 Å². The third-order valence-electron chi connectivity index (χ3n) is 3.83. The second-order valence-electron chi connectivity index (χ2n) is 5.42. The van der Waals surface area contributed by atoms with Gasteiger partial charge in [-0.15, -0.1) is 0 Å². The van der Waals surface area contributed by atoms with Crippen molar-refractivity contribution in [3.63, 3.8) is 0 Å². The maximum absolute atomic E-state index is 5.79. The molecule has 1 aliphatic carbocycles. The fourth-order valence-corrected chi connectivity index (χ4v) is 2.69. The standard InChI is InChI=1S/C18H21NO/c1-2-6-15(7-3-1)14-20-18-12-10-17(11-13-18)19-16-8-4-5-9-16/h1-3,6-7,10-13,16,19H,4-5,8-9,14H2. The normalized spacial score (nSPS) is 15.2. The summed E-state index contributed by atoms with van der Waals surface area (Å²) in [7, 11) is 0. The van der Waals surface area contributed by atoms with Crippen molar-refractivity contribution in [2.45, 2.75) is 38.3 Å². The smallest absolute Gasteiger partial charge is 0.119 e. The molecule has 1 aliphatic rings. The van der Waals surface area contributed by atoms with Crippen LogP contribution in [0.3, 0.4) is 0 Å². The minimum absolute atomic E-state index is 0.621. The van der Waals surface area contributed by atoms with Gasteiger partial charge in [0.1, 0.15) is 12.4 Å². The lowest BCUT2D eigenvalue weighted by molar-refractivity contribution is 0.306. The van der Waals surface area contributed by atoms with Crippen LogP contribution >= 0.6 is 0 Å². The molecule has 0 aromatic heterocycles. The lowest BCUT2D eigenvalue weighted by Crippen LogP contribution is -2.14. The molecule has 0 spiro atoms. The van der Waals surface area contributed by atoms with Gasteiger partial charge in [-0.2, -0.15) is 0 Å². The summed E-state index contributed by atoms with van der Waals surface area (Å²) in [5.41, 5.74) is 2.39. The summed E-state index contributed by atoms with van der Waals surface area (Å²) in [5, 5.41) is 3.59. The Morgan fingerprint density at radius 2 is 1.60 bits per heavy atom. The molecular formula is C18H21NO. The molecule has 0 amide bonds. The van der Waals surface area contributed by atoms with Gasteiger partial charge in [0.15, 0.2) is 0 Å². The van der Waals surface area contributed by atoms with Crippen LogP contribution in [0.5, 0.6) is 5.75 Å². The Morgan fingerprint density at radius 1 is 0.900 bits per heavy atom. The van der Waals surface area contributed by atoms with Crippen molar-refractivity contribution in [2.24, 2.45) is 0 Å². The number of hydrogen-bond donors (Lipinski definition) is 1. The van der Waals surface area contributed by atoms with Crippen LogP contribution in [0.2, 0.25) is 0 Å². The van der Waals surface area contributed by atoms with Crippen molar-refractivity contribution in [3.05, 3.63) is 60.2 Å². The Kier molecular flexibility index (Phi) is 4.22. The lowest BCUT2D eigenvalue weighted by atomic mass is 10.2. The molecule has 0 aliphatic heterocycles. The van der Waals surface area contributed by atoms with Gasteiger partial charge in [-0.05, 0) is 42.7 Å². The van der Waals surface area contributed by atoms with Gasteiger partial charge in [0.2, 0.25) is 0 Å². The van der Waals surface area contributed by atoms with Gasteiger partial charge in [0.25, 0.3) is 0 Å². The fourth-order valence-electron chi connectivity index (χ4n) is 2.69. The van der Waals surface area contributed by atoms with E-state index >= 15 is 0 Å². The monoisotopic (exact) mass is 267 g/mol. The summed E-state index contributed by atoms with van der Waals surface area (Å²) in [4.78, 5) is 0. The largest absolute Gasteiger partial charge is 0.489 e. The third-order valence-corrected chi connectivity index (χ3v) is 3.83. The third kappa shape index (κ3) is 3.53. The van der Waals surface area contributed by atoms with Gasteiger partial charge in [-0.25, -0.2) is 0 Å². The van der Waals surface area contributed by atoms with Gasteiger partial charge >= 0.3 is 0 Å². The van der Waals surface area contributed by atoms with Crippen LogP contribution in [-0.2, 0) is 6.61 Å². The van der Waals surface area contributed by atoms with E-state index in [1.807, 2.05) is 30.3 Å². The minimum Gasteiger partial charge on any atom is -0.489 e. The summed E-state index contributed by atoms with van der Waals surface area (Å²) < 4.78 is 5.79. The first-order valence-electron chi connectivity index (χ1n) is 7.43. The quantitative estimate of drug-likeness (QED) is 0.853. The van der Waals surface area contributed by atoms with E-state index in [1.54, 1.807) is 0 Å². The van der Waals surface area contributed by atoms with E-state index in [1.165, 1.54) is 36.9 Å². The Hall–Kier alpha value is -1.96. The van der Waals surface area contributed by atoms with Crippen molar-refractivity contribution in [2.75, 3.05) is 5.32 Å². The number of benzene rings is 2. The van der Waals surface area contributed by atoms with Crippen LogP contribution in [0.4, 0.5) is 5.69 Å². The van der Waals surface area contributed by atoms with E-state index in [9.17, 15) is 0 Å². The maximum atomic E-state index is 5.79. The summed E-state index contributed by atoms with van der Waals surface area (Å²) in [5.74, 6) is 0.922. The second kappa shape index (κ2) is 6.47. The number of hydrogen-bond acceptors (Lipinski definition) is 2. The molecule has 0 atom stereocenters. The van der Waals surface area contributed by atoms with E-state index in [4.69, 9.17) is 4.74 Å². The zero-order valence-corrected chi connectivity index (χ0v) is 11.7. The van der Waals surface area contributed by atoms with Gasteiger partial charge < -0.3 is 10.1 Å². The Balaban J connectivity index is 1.53. The van der Waals surface area contributed by atoms with E-state index in [0.29, 0.717) is 12.6 Å². The predicted molar refractivity (Wildman–Crippen MR) is 83.1 cm³/mol. The molecule has 1 saturated carbocycles. The van der Waals surface area contributed by atoms with Crippen molar-refractivity contribution in [3.8, 4) is 5.75 Å². The van der Waals surface area contributed by atoms with Gasteiger partial charge in [0.05, 0.1) is 0 Å². The molecule has 2 aromatic rings. The van der Waals surface area contributed by atoms with Crippen molar-refractivity contribution < 1.29 is 4.74 Å². The molecule has 3 rings (SSSR count). The SMILES string of the molecule is c1ccc(COc2ccc(NC3CCCC3)cc2)cc1. The first-order chi connectivity index (χ1) is 9.90. The molecule has 2 aromatic carbocycles. The number of nitrogens with one attached hydrogen (secondary N) is 1. The summed E-state index contributed by atoms with van der Waals surface area (Å²) in [6, 6.07) is 19.2. The van der Waals surface area contributed by atoms with Crippen molar-refractivity contribution >= 4 is 5.69 Å². The number of anilines is 1. The molecule has 0 bridgehead atoms. The highest BCUT2D eigenvalue weighted by Crippen LogP contribution is 2.23. The van der Waals surface area contributed by atoms with E-state index < -0.39 is 0 Å². The van der Waals surface area contributed by atoms with Crippen LogP contribution < -0.4 is 10.1 Å². The highest BCUT2D eigenvalue weighted by Gasteiger charge is 2.14. The molecular weight excluding hydrogens is 246 g/mol. The average Bonchev–Trinajstić information content (AvgIpc) is 3.01. The number of ether oxygens (including phenoxy) is 1. The van der Waals surface area contributed by atoms with Gasteiger partial charge in [-0.1, -0.05) is 43.2 Å². The molecule has 2 heteroatoms. The first-order valence-corrected chi connectivity index (χ1v) is 7.43. The minimum atomic E-state index is 0.621. The zero-order valence-electron chi connectivity index (χ0n) is 11.7. The predicted octanol–water partition coefficient (Wildman–Crippen LogP) is 4.62. The van der Waals surface area contributed by atoms with Crippen molar-refractivity contribution in [1.29, 1.82) is 0 Å². The highest BCUT2D eigenvalue weighted by atomic mass is 16.5. The van der Waals surface area contributed by atoms with Crippen LogP contribution in [0, 0.1) is 0 Å². The molecule has 104 valence electrons. The molecule has 1 fully saturated rings. The maximum Gasteiger partial charge on any atom is 0.119 e. The molecule has 0 heterocycles. The molecule has 20 heavy (non-hydrogen) atoms. The first kappa shape index (κ1) is 13.0. The summed E-state index contributed by atoms with van der Waals surface area (Å²) in [6.45, 7) is 0.621. The Morgan fingerprint density at radius 3 is 2.30 bits per heavy atom. The van der Waals surface area contributed by atoms with Crippen LogP contribution in [0.1, 0.15) is 31.2 Å². The van der Waals surface area contributed by atoms with Gasteiger partial charge in [-0.3, -0.25) is 0 Å². The molecule has 2 nitrogen and oxygen atoms in total. The second-order valence-corrected chi connectivity index (χ2v) is 5.42. The average molecular weight is 267 g/mol. The summed E-state index contributed by atoms with van der Waals surface area (Å²) in [6.07, 6.45) is 5.31.